The molecule has 0 N–H and O–H groups in total. The third kappa shape index (κ3) is 5.32. The molecule has 0 aliphatic carbocycles. The molecule has 12 heavy (non-hydrogen) atoms. The van der Waals surface area contributed by atoms with Crippen LogP contribution < -0.4 is 17.0 Å². The van der Waals surface area contributed by atoms with E-state index in [1.165, 1.54) is 0 Å². The lowest BCUT2D eigenvalue weighted by molar-refractivity contribution is -1.06. The molecular formula is C8H16BrNO2. The molecule has 3 nitrogen and oxygen atoms in total. The van der Waals surface area contributed by atoms with E-state index < -0.39 is 0 Å². The summed E-state index contributed by atoms with van der Waals surface area (Å²) in [4.78, 5) is 16.0. The van der Waals surface area contributed by atoms with Crippen molar-refractivity contribution in [2.75, 3.05) is 20.6 Å². The van der Waals surface area contributed by atoms with E-state index in [9.17, 15) is 4.79 Å². The van der Waals surface area contributed by atoms with E-state index in [0.29, 0.717) is 5.57 Å². The highest BCUT2D eigenvalue weighted by Crippen LogP contribution is 2.02. The first-order valence-corrected chi connectivity index (χ1v) is 3.61. The van der Waals surface area contributed by atoms with Crippen molar-refractivity contribution in [3.05, 3.63) is 12.2 Å². The Kier molecular flexibility index (Phi) is 6.29. The standard InChI is InChI=1S/C8H16NO2.BrH/c1-6-9(4,5)11-8(10)7(2)3;/h2,6H2,1,3-5H3;1H/q+1;/p-1. The lowest BCUT2D eigenvalue weighted by Gasteiger charge is -2.23. The van der Waals surface area contributed by atoms with Crippen LogP contribution in [0.4, 0.5) is 0 Å². The summed E-state index contributed by atoms with van der Waals surface area (Å²) in [6, 6.07) is 0. The maximum Gasteiger partial charge on any atom is 0.392 e. The molecule has 0 saturated heterocycles. The van der Waals surface area contributed by atoms with Crippen molar-refractivity contribution < 1.29 is 31.3 Å². The van der Waals surface area contributed by atoms with E-state index >= 15 is 0 Å². The van der Waals surface area contributed by atoms with Gasteiger partial charge in [-0.05, 0) is 13.8 Å². The normalized spacial score (nSPS) is 10.0. The zero-order chi connectivity index (χ0) is 9.07. The molecule has 0 aliphatic rings. The van der Waals surface area contributed by atoms with Crippen LogP contribution in [0.5, 0.6) is 0 Å². The smallest absolute Gasteiger partial charge is 0.392 e. The monoisotopic (exact) mass is 237 g/mol. The molecule has 0 aliphatic heterocycles. The number of carbonyl (C=O) groups excluding carboxylic acids is 1. The van der Waals surface area contributed by atoms with Gasteiger partial charge in [-0.25, -0.2) is 4.79 Å². The van der Waals surface area contributed by atoms with Gasteiger partial charge < -0.3 is 17.0 Å². The minimum absolute atomic E-state index is 0. The molecule has 0 radical (unpaired) electrons. The van der Waals surface area contributed by atoms with Gasteiger partial charge in [0.1, 0.15) is 20.6 Å². The Morgan fingerprint density at radius 2 is 1.92 bits per heavy atom. The Hall–Kier alpha value is -0.350. The van der Waals surface area contributed by atoms with Crippen molar-refractivity contribution in [2.24, 2.45) is 0 Å². The van der Waals surface area contributed by atoms with Gasteiger partial charge in [0.2, 0.25) is 0 Å². The first kappa shape index (κ1) is 14.2. The van der Waals surface area contributed by atoms with Gasteiger partial charge in [0.05, 0.1) is 0 Å². The molecule has 0 amide bonds. The summed E-state index contributed by atoms with van der Waals surface area (Å²) in [6.07, 6.45) is 0. The van der Waals surface area contributed by atoms with Gasteiger partial charge in [-0.3, -0.25) is 4.84 Å². The predicted molar refractivity (Wildman–Crippen MR) is 43.6 cm³/mol. The number of rotatable bonds is 3. The molecule has 0 rings (SSSR count). The molecule has 0 unspecified atom stereocenters. The van der Waals surface area contributed by atoms with Gasteiger partial charge in [-0.15, -0.1) is 4.65 Å². The fourth-order valence-corrected chi connectivity index (χ4v) is 0.367. The zero-order valence-corrected chi connectivity index (χ0v) is 9.64. The second-order valence-electron chi connectivity index (χ2n) is 3.05. The summed E-state index contributed by atoms with van der Waals surface area (Å²) in [7, 11) is 3.64. The maximum atomic E-state index is 11.0. The van der Waals surface area contributed by atoms with Gasteiger partial charge in [0.15, 0.2) is 0 Å². The summed E-state index contributed by atoms with van der Waals surface area (Å²) < 4.78 is 0.242. The first-order valence-electron chi connectivity index (χ1n) is 3.61. The summed E-state index contributed by atoms with van der Waals surface area (Å²) in [5.41, 5.74) is 0.435. The van der Waals surface area contributed by atoms with Gasteiger partial charge in [-0.2, -0.15) is 0 Å². The number of hydrogen-bond donors (Lipinski definition) is 0. The van der Waals surface area contributed by atoms with Crippen molar-refractivity contribution in [1.29, 1.82) is 0 Å². The average molecular weight is 238 g/mol. The maximum absolute atomic E-state index is 11.0. The van der Waals surface area contributed by atoms with Gasteiger partial charge in [0.25, 0.3) is 0 Å². The second-order valence-corrected chi connectivity index (χ2v) is 3.05. The van der Waals surface area contributed by atoms with Crippen LogP contribution in [0.2, 0.25) is 0 Å². The molecule has 0 fully saturated rings. The van der Waals surface area contributed by atoms with Crippen LogP contribution >= 0.6 is 0 Å². The number of hydroxylamine groups is 3. The molecule has 0 heterocycles. The molecular weight excluding hydrogens is 222 g/mol. The quantitative estimate of drug-likeness (QED) is 0.327. The Bertz CT molecular complexity index is 178. The second kappa shape index (κ2) is 5.32. The predicted octanol–water partition coefficient (Wildman–Crippen LogP) is -1.88. The molecule has 0 aromatic rings. The van der Waals surface area contributed by atoms with E-state index in [-0.39, 0.29) is 27.6 Å². The SMILES string of the molecule is C=C(C)C(=O)O[N+](C)(C)CC.[Br-]. The van der Waals surface area contributed by atoms with Crippen LogP contribution in [-0.4, -0.2) is 31.3 Å². The molecule has 4 heteroatoms. The van der Waals surface area contributed by atoms with Crippen molar-refractivity contribution >= 4 is 5.97 Å². The number of carbonyl (C=O) groups is 1. The number of hydrogen-bond acceptors (Lipinski definition) is 2. The van der Waals surface area contributed by atoms with Crippen LogP contribution in [-0.2, 0) is 9.63 Å². The van der Waals surface area contributed by atoms with Gasteiger partial charge >= 0.3 is 5.97 Å². The Morgan fingerprint density at radius 3 is 2.17 bits per heavy atom. The van der Waals surface area contributed by atoms with Crippen LogP contribution in [0.25, 0.3) is 0 Å². The summed E-state index contributed by atoms with van der Waals surface area (Å²) in [5, 5.41) is 0. The minimum Gasteiger partial charge on any atom is -1.00 e. The van der Waals surface area contributed by atoms with E-state index in [4.69, 9.17) is 4.84 Å². The lowest BCUT2D eigenvalue weighted by Crippen LogP contribution is -3.00. The highest BCUT2D eigenvalue weighted by Gasteiger charge is 2.19. The number of nitrogens with zero attached hydrogens (tertiary/aromatic N) is 1. The fourth-order valence-electron chi connectivity index (χ4n) is 0.367. The molecule has 0 atom stereocenters. The molecule has 0 aromatic heterocycles. The summed E-state index contributed by atoms with van der Waals surface area (Å²) >= 11 is 0. The van der Waals surface area contributed by atoms with Gasteiger partial charge in [-0.1, -0.05) is 6.58 Å². The van der Waals surface area contributed by atoms with Gasteiger partial charge in [0, 0.05) is 5.57 Å². The van der Waals surface area contributed by atoms with E-state index in [2.05, 4.69) is 6.58 Å². The van der Waals surface area contributed by atoms with Crippen LogP contribution in [0.1, 0.15) is 13.8 Å². The van der Waals surface area contributed by atoms with Crippen LogP contribution in [0.15, 0.2) is 12.2 Å². The van der Waals surface area contributed by atoms with E-state index in [1.807, 2.05) is 21.0 Å². The zero-order valence-electron chi connectivity index (χ0n) is 8.06. The van der Waals surface area contributed by atoms with Crippen molar-refractivity contribution in [2.45, 2.75) is 13.8 Å². The van der Waals surface area contributed by atoms with Crippen LogP contribution in [0, 0.1) is 0 Å². The summed E-state index contributed by atoms with van der Waals surface area (Å²) in [6.45, 7) is 7.82. The molecule has 0 aromatic carbocycles. The molecule has 0 spiro atoms. The summed E-state index contributed by atoms with van der Waals surface area (Å²) in [5.74, 6) is -0.336. The van der Waals surface area contributed by atoms with Crippen molar-refractivity contribution in [3.8, 4) is 0 Å². The third-order valence-corrected chi connectivity index (χ3v) is 1.44. The lowest BCUT2D eigenvalue weighted by atomic mass is 10.4. The highest BCUT2D eigenvalue weighted by molar-refractivity contribution is 5.86. The average Bonchev–Trinajstić information content (AvgIpc) is 1.87. The Balaban J connectivity index is 0. The molecule has 0 saturated carbocycles. The third-order valence-electron chi connectivity index (χ3n) is 1.44. The highest BCUT2D eigenvalue weighted by atomic mass is 79.9. The fraction of sp³-hybridized carbons (Fsp3) is 0.625. The number of quaternary nitrogens is 1. The van der Waals surface area contributed by atoms with Crippen LogP contribution in [0.3, 0.4) is 0 Å². The van der Waals surface area contributed by atoms with E-state index in [0.717, 1.165) is 6.54 Å². The van der Waals surface area contributed by atoms with E-state index in [1.54, 1.807) is 6.92 Å². The number of halogens is 1. The topological polar surface area (TPSA) is 26.3 Å². The molecule has 72 valence electrons. The Labute approximate surface area is 84.3 Å². The molecule has 0 bridgehead atoms. The Morgan fingerprint density at radius 1 is 1.50 bits per heavy atom. The largest absolute Gasteiger partial charge is 1.00 e. The first-order chi connectivity index (χ1) is 4.89. The van der Waals surface area contributed by atoms with Crippen molar-refractivity contribution in [3.63, 3.8) is 0 Å². The minimum atomic E-state index is -0.336. The van der Waals surface area contributed by atoms with Crippen molar-refractivity contribution in [1.82, 2.24) is 0 Å².